The highest BCUT2D eigenvalue weighted by Crippen LogP contribution is 2.38. The smallest absolute Gasteiger partial charge is 0.391 e. The molecule has 0 bridgehead atoms. The maximum absolute atomic E-state index is 12.9. The first-order chi connectivity index (χ1) is 14.8. The van der Waals surface area contributed by atoms with E-state index in [1.54, 1.807) is 16.6 Å². The van der Waals surface area contributed by atoms with Crippen molar-refractivity contribution in [2.45, 2.75) is 48.0 Å². The molecule has 0 amide bonds. The van der Waals surface area contributed by atoms with Crippen molar-refractivity contribution >= 4 is 44.1 Å². The number of halogens is 3. The van der Waals surface area contributed by atoms with Crippen LogP contribution >= 0.6 is 23.1 Å². The van der Waals surface area contributed by atoms with Crippen molar-refractivity contribution in [1.29, 1.82) is 0 Å². The van der Waals surface area contributed by atoms with Crippen LogP contribution in [0.3, 0.4) is 0 Å². The van der Waals surface area contributed by atoms with E-state index in [1.165, 1.54) is 23.1 Å². The number of aromatic nitrogens is 5. The Morgan fingerprint density at radius 1 is 1.10 bits per heavy atom. The maximum atomic E-state index is 12.9. The van der Waals surface area contributed by atoms with Crippen LogP contribution in [-0.4, -0.2) is 37.1 Å². The molecule has 0 spiro atoms. The van der Waals surface area contributed by atoms with Crippen molar-refractivity contribution in [3.05, 3.63) is 30.3 Å². The molecular formula is C19H17F3N6OS2. The van der Waals surface area contributed by atoms with Crippen LogP contribution in [0.1, 0.15) is 25.7 Å². The van der Waals surface area contributed by atoms with Gasteiger partial charge in [-0.2, -0.15) is 17.7 Å². The van der Waals surface area contributed by atoms with E-state index in [-0.39, 0.29) is 18.9 Å². The van der Waals surface area contributed by atoms with Gasteiger partial charge in [0.25, 0.3) is 0 Å². The zero-order valence-corrected chi connectivity index (χ0v) is 17.7. The Labute approximate surface area is 182 Å². The molecule has 1 fully saturated rings. The number of hydrogen-bond acceptors (Lipinski definition) is 8. The molecule has 0 saturated heterocycles. The Balaban J connectivity index is 1.32. The molecule has 5 rings (SSSR count). The predicted octanol–water partition coefficient (Wildman–Crippen LogP) is 4.97. The van der Waals surface area contributed by atoms with E-state index < -0.39 is 12.1 Å². The molecule has 1 aliphatic rings. The van der Waals surface area contributed by atoms with Gasteiger partial charge in [-0.15, -0.1) is 15.3 Å². The minimum absolute atomic E-state index is 0.0781. The van der Waals surface area contributed by atoms with Gasteiger partial charge in [-0.05, 0) is 61.7 Å². The predicted molar refractivity (Wildman–Crippen MR) is 111 cm³/mol. The summed E-state index contributed by atoms with van der Waals surface area (Å²) in [6.45, 7) is 0. The monoisotopic (exact) mass is 466 g/mol. The topological polar surface area (TPSA) is 91.2 Å². The van der Waals surface area contributed by atoms with Gasteiger partial charge in [0.05, 0.1) is 16.1 Å². The molecule has 162 valence electrons. The molecule has 0 atom stereocenters. The van der Waals surface area contributed by atoms with Gasteiger partial charge in [-0.1, -0.05) is 11.3 Å². The Kier molecular flexibility index (Phi) is 5.13. The summed E-state index contributed by atoms with van der Waals surface area (Å²) < 4.78 is 47.0. The highest BCUT2D eigenvalue weighted by molar-refractivity contribution is 7.99. The summed E-state index contributed by atoms with van der Waals surface area (Å²) >= 11 is 2.80. The number of thiazole rings is 1. The summed E-state index contributed by atoms with van der Waals surface area (Å²) in [5.41, 5.74) is 7.16. The number of fused-ring (bicyclic) bond motifs is 2. The van der Waals surface area contributed by atoms with Crippen LogP contribution in [0.2, 0.25) is 0 Å². The average molecular weight is 467 g/mol. The lowest BCUT2D eigenvalue weighted by Gasteiger charge is -2.29. The Bertz CT molecular complexity index is 1230. The number of alkyl halides is 3. The lowest BCUT2D eigenvalue weighted by atomic mass is 9.87. The van der Waals surface area contributed by atoms with Gasteiger partial charge in [0.15, 0.2) is 10.8 Å². The highest BCUT2D eigenvalue weighted by atomic mass is 32.2. The summed E-state index contributed by atoms with van der Waals surface area (Å²) in [7, 11) is 0. The number of anilines is 1. The number of rotatable bonds is 4. The molecule has 31 heavy (non-hydrogen) atoms. The number of hydrogen-bond donors (Lipinski definition) is 1. The van der Waals surface area contributed by atoms with Gasteiger partial charge in [0, 0.05) is 11.0 Å². The Morgan fingerprint density at radius 3 is 2.68 bits per heavy atom. The highest BCUT2D eigenvalue weighted by Gasteiger charge is 2.41. The van der Waals surface area contributed by atoms with Crippen molar-refractivity contribution in [3.8, 4) is 5.88 Å². The van der Waals surface area contributed by atoms with E-state index in [4.69, 9.17) is 10.5 Å². The molecule has 1 aliphatic carbocycles. The summed E-state index contributed by atoms with van der Waals surface area (Å²) in [4.78, 5) is 5.18. The molecule has 0 unspecified atom stereocenters. The fourth-order valence-electron chi connectivity index (χ4n) is 3.65. The third-order valence-corrected chi connectivity index (χ3v) is 6.99. The van der Waals surface area contributed by atoms with Crippen molar-refractivity contribution < 1.29 is 17.9 Å². The molecule has 1 saturated carbocycles. The van der Waals surface area contributed by atoms with E-state index in [2.05, 4.69) is 20.3 Å². The molecule has 0 aliphatic heterocycles. The molecular weight excluding hydrogens is 449 g/mol. The van der Waals surface area contributed by atoms with Gasteiger partial charge in [-0.25, -0.2) is 4.98 Å². The van der Waals surface area contributed by atoms with Gasteiger partial charge in [0.1, 0.15) is 6.10 Å². The van der Waals surface area contributed by atoms with Crippen LogP contribution in [0, 0.1) is 5.92 Å². The van der Waals surface area contributed by atoms with E-state index in [0.29, 0.717) is 34.7 Å². The van der Waals surface area contributed by atoms with Crippen LogP contribution in [0.15, 0.2) is 40.4 Å². The summed E-state index contributed by atoms with van der Waals surface area (Å²) in [5, 5.41) is 13.8. The van der Waals surface area contributed by atoms with Crippen LogP contribution in [0.4, 0.5) is 18.3 Å². The molecule has 12 heteroatoms. The minimum atomic E-state index is -4.13. The van der Waals surface area contributed by atoms with Crippen molar-refractivity contribution in [2.24, 2.45) is 5.92 Å². The molecule has 3 aromatic heterocycles. The first-order valence-corrected chi connectivity index (χ1v) is 11.3. The van der Waals surface area contributed by atoms with Gasteiger partial charge >= 0.3 is 6.18 Å². The van der Waals surface area contributed by atoms with Crippen LogP contribution in [0.25, 0.3) is 15.9 Å². The number of ether oxygens (including phenoxy) is 1. The second kappa shape index (κ2) is 7.83. The van der Waals surface area contributed by atoms with Gasteiger partial charge in [-0.3, -0.25) is 0 Å². The van der Waals surface area contributed by atoms with E-state index in [9.17, 15) is 13.2 Å². The normalized spacial score (nSPS) is 19.8. The van der Waals surface area contributed by atoms with Gasteiger partial charge in [0.2, 0.25) is 11.0 Å². The van der Waals surface area contributed by atoms with Gasteiger partial charge < -0.3 is 10.5 Å². The second-order valence-corrected chi connectivity index (χ2v) is 9.44. The first-order valence-electron chi connectivity index (χ1n) is 9.65. The standard InChI is InChI=1S/C19H17F3N6OS2/c20-19(21,22)10-1-3-11(4-2-10)29-16-8-7-15-25-26-18(28(15)27-16)30-12-5-6-13-14(9-12)31-17(23)24-13/h5-11H,1-4H2,(H2,23,24). The molecule has 7 nitrogen and oxygen atoms in total. The number of nitrogen functional groups attached to an aromatic ring is 1. The lowest BCUT2D eigenvalue weighted by Crippen LogP contribution is -2.32. The molecule has 1 aromatic carbocycles. The lowest BCUT2D eigenvalue weighted by molar-refractivity contribution is -0.185. The quantitative estimate of drug-likeness (QED) is 0.454. The molecule has 3 heterocycles. The number of benzene rings is 1. The van der Waals surface area contributed by atoms with Crippen LogP contribution in [-0.2, 0) is 0 Å². The zero-order valence-electron chi connectivity index (χ0n) is 16.0. The average Bonchev–Trinajstić information content (AvgIpc) is 3.29. The number of nitrogens with zero attached hydrogens (tertiary/aromatic N) is 5. The van der Waals surface area contributed by atoms with E-state index in [0.717, 1.165) is 15.1 Å². The Hall–Kier alpha value is -2.60. The van der Waals surface area contributed by atoms with Crippen molar-refractivity contribution in [3.63, 3.8) is 0 Å². The van der Waals surface area contributed by atoms with E-state index >= 15 is 0 Å². The fraction of sp³-hybridized carbons (Fsp3) is 0.368. The summed E-state index contributed by atoms with van der Waals surface area (Å²) in [6, 6.07) is 9.20. The first kappa shape index (κ1) is 20.3. The minimum Gasteiger partial charge on any atom is -0.473 e. The summed E-state index contributed by atoms with van der Waals surface area (Å²) in [6.07, 6.45) is -3.55. The maximum Gasteiger partial charge on any atom is 0.391 e. The van der Waals surface area contributed by atoms with Crippen molar-refractivity contribution in [1.82, 2.24) is 24.8 Å². The summed E-state index contributed by atoms with van der Waals surface area (Å²) in [5.74, 6) is -0.898. The number of nitrogens with two attached hydrogens (primary N) is 1. The second-order valence-electron chi connectivity index (χ2n) is 7.34. The Morgan fingerprint density at radius 2 is 1.90 bits per heavy atom. The fourth-order valence-corrected chi connectivity index (χ4v) is 5.32. The third-order valence-electron chi connectivity index (χ3n) is 5.22. The molecule has 0 radical (unpaired) electrons. The zero-order chi connectivity index (χ0) is 21.6. The third kappa shape index (κ3) is 4.26. The van der Waals surface area contributed by atoms with E-state index in [1.807, 2.05) is 18.2 Å². The van der Waals surface area contributed by atoms with Crippen LogP contribution in [0.5, 0.6) is 5.88 Å². The van der Waals surface area contributed by atoms with Crippen molar-refractivity contribution in [2.75, 3.05) is 5.73 Å². The SMILES string of the molecule is Nc1nc2ccc(Sc3nnc4ccc(OC5CCC(C(F)(F)F)CC5)nn34)cc2s1. The molecule has 4 aromatic rings. The largest absolute Gasteiger partial charge is 0.473 e. The van der Waals surface area contributed by atoms with Crippen LogP contribution < -0.4 is 10.5 Å². The molecule has 2 N–H and O–H groups in total.